The second-order valence-electron chi connectivity index (χ2n) is 6.11. The summed E-state index contributed by atoms with van der Waals surface area (Å²) in [5, 5.41) is 8.05. The number of rotatable bonds is 6. The largest absolute Gasteiger partial charge is 0.312 e. The van der Waals surface area contributed by atoms with Crippen LogP contribution in [0.4, 0.5) is 0 Å². The third-order valence-electron chi connectivity index (χ3n) is 3.98. The van der Waals surface area contributed by atoms with Gasteiger partial charge in [0.1, 0.15) is 0 Å². The Balaban J connectivity index is 1.86. The zero-order chi connectivity index (χ0) is 13.0. The first kappa shape index (κ1) is 13.6. The van der Waals surface area contributed by atoms with Gasteiger partial charge in [-0.1, -0.05) is 26.7 Å². The molecule has 3 heteroatoms. The van der Waals surface area contributed by atoms with Gasteiger partial charge in [0.15, 0.2) is 0 Å². The number of hydrogen-bond donors (Lipinski definition) is 1. The number of nitrogens with zero attached hydrogens (tertiary/aromatic N) is 2. The van der Waals surface area contributed by atoms with Crippen LogP contribution in [0, 0.1) is 18.8 Å². The first-order chi connectivity index (χ1) is 8.66. The third kappa shape index (κ3) is 3.58. The molecule has 0 radical (unpaired) electrons. The standard InChI is InChI=1S/C15H27N3/c1-12(2)8-16-9-15-10-17-18(13(15)3)11-14-6-4-5-7-14/h10,12,14,16H,4-9,11H2,1-3H3. The van der Waals surface area contributed by atoms with Crippen molar-refractivity contribution >= 4 is 0 Å². The molecular weight excluding hydrogens is 222 g/mol. The molecule has 0 saturated heterocycles. The second kappa shape index (κ2) is 6.37. The molecule has 1 aromatic rings. The van der Waals surface area contributed by atoms with Crippen LogP contribution in [-0.4, -0.2) is 16.3 Å². The molecule has 0 aliphatic heterocycles. The van der Waals surface area contributed by atoms with Gasteiger partial charge in [0.05, 0.1) is 6.20 Å². The van der Waals surface area contributed by atoms with E-state index in [9.17, 15) is 0 Å². The van der Waals surface area contributed by atoms with Gasteiger partial charge < -0.3 is 5.32 Å². The minimum Gasteiger partial charge on any atom is -0.312 e. The maximum Gasteiger partial charge on any atom is 0.0537 e. The van der Waals surface area contributed by atoms with Crippen molar-refractivity contribution in [3.8, 4) is 0 Å². The van der Waals surface area contributed by atoms with Crippen molar-refractivity contribution < 1.29 is 0 Å². The lowest BCUT2D eigenvalue weighted by Gasteiger charge is -2.11. The quantitative estimate of drug-likeness (QED) is 0.839. The van der Waals surface area contributed by atoms with Crippen LogP contribution in [-0.2, 0) is 13.1 Å². The lowest BCUT2D eigenvalue weighted by Crippen LogP contribution is -2.19. The Morgan fingerprint density at radius 2 is 2.11 bits per heavy atom. The molecule has 0 amide bonds. The van der Waals surface area contributed by atoms with E-state index in [4.69, 9.17) is 0 Å². The highest BCUT2D eigenvalue weighted by molar-refractivity contribution is 5.15. The first-order valence-electron chi connectivity index (χ1n) is 7.39. The van der Waals surface area contributed by atoms with Crippen LogP contribution in [0.3, 0.4) is 0 Å². The normalized spacial score (nSPS) is 16.9. The Morgan fingerprint density at radius 3 is 2.78 bits per heavy atom. The Bertz CT molecular complexity index is 362. The molecule has 0 bridgehead atoms. The molecule has 102 valence electrons. The number of nitrogens with one attached hydrogen (secondary N) is 1. The van der Waals surface area contributed by atoms with Crippen molar-refractivity contribution in [3.05, 3.63) is 17.5 Å². The van der Waals surface area contributed by atoms with Crippen molar-refractivity contribution in [2.45, 2.75) is 59.5 Å². The first-order valence-corrected chi connectivity index (χ1v) is 7.39. The fourth-order valence-corrected chi connectivity index (χ4v) is 2.78. The number of aromatic nitrogens is 2. The van der Waals surface area contributed by atoms with Crippen molar-refractivity contribution in [2.24, 2.45) is 11.8 Å². The fraction of sp³-hybridized carbons (Fsp3) is 0.800. The smallest absolute Gasteiger partial charge is 0.0537 e. The molecule has 1 saturated carbocycles. The minimum atomic E-state index is 0.707. The molecule has 0 unspecified atom stereocenters. The van der Waals surface area contributed by atoms with Gasteiger partial charge >= 0.3 is 0 Å². The third-order valence-corrected chi connectivity index (χ3v) is 3.98. The predicted molar refractivity (Wildman–Crippen MR) is 75.5 cm³/mol. The fourth-order valence-electron chi connectivity index (χ4n) is 2.78. The highest BCUT2D eigenvalue weighted by Gasteiger charge is 2.17. The van der Waals surface area contributed by atoms with E-state index in [-0.39, 0.29) is 0 Å². The summed E-state index contributed by atoms with van der Waals surface area (Å²) in [6.45, 7) is 9.83. The lowest BCUT2D eigenvalue weighted by atomic mass is 10.1. The molecule has 1 aromatic heterocycles. The zero-order valence-corrected chi connectivity index (χ0v) is 12.1. The SMILES string of the molecule is Cc1c(CNCC(C)C)cnn1CC1CCCC1. The average Bonchev–Trinajstić information content (AvgIpc) is 2.93. The van der Waals surface area contributed by atoms with Crippen LogP contribution in [0.2, 0.25) is 0 Å². The van der Waals surface area contributed by atoms with Gasteiger partial charge in [0.25, 0.3) is 0 Å². The van der Waals surface area contributed by atoms with Crippen LogP contribution in [0.25, 0.3) is 0 Å². The lowest BCUT2D eigenvalue weighted by molar-refractivity contribution is 0.422. The monoisotopic (exact) mass is 249 g/mol. The van der Waals surface area contributed by atoms with Crippen molar-refractivity contribution in [1.82, 2.24) is 15.1 Å². The summed E-state index contributed by atoms with van der Waals surface area (Å²) in [4.78, 5) is 0. The molecule has 0 spiro atoms. The van der Waals surface area contributed by atoms with Crippen molar-refractivity contribution in [3.63, 3.8) is 0 Å². The molecule has 1 fully saturated rings. The molecule has 1 aliphatic carbocycles. The molecule has 2 rings (SSSR count). The summed E-state index contributed by atoms with van der Waals surface area (Å²) < 4.78 is 2.21. The minimum absolute atomic E-state index is 0.707. The summed E-state index contributed by atoms with van der Waals surface area (Å²) >= 11 is 0. The summed E-state index contributed by atoms with van der Waals surface area (Å²) in [6, 6.07) is 0. The van der Waals surface area contributed by atoms with Crippen LogP contribution in [0.1, 0.15) is 50.8 Å². The van der Waals surface area contributed by atoms with E-state index in [2.05, 4.69) is 35.9 Å². The maximum atomic E-state index is 4.55. The van der Waals surface area contributed by atoms with Crippen LogP contribution < -0.4 is 5.32 Å². The molecule has 1 N–H and O–H groups in total. The van der Waals surface area contributed by atoms with E-state index >= 15 is 0 Å². The van der Waals surface area contributed by atoms with Gasteiger partial charge in [0, 0.05) is 24.3 Å². The summed E-state index contributed by atoms with van der Waals surface area (Å²) in [6.07, 6.45) is 7.64. The van der Waals surface area contributed by atoms with E-state index in [1.807, 2.05) is 6.20 Å². The van der Waals surface area contributed by atoms with Crippen LogP contribution in [0.15, 0.2) is 6.20 Å². The highest BCUT2D eigenvalue weighted by atomic mass is 15.3. The molecular formula is C15H27N3. The predicted octanol–water partition coefficient (Wildman–Crippen LogP) is 3.13. The van der Waals surface area contributed by atoms with E-state index in [0.29, 0.717) is 5.92 Å². The topological polar surface area (TPSA) is 29.9 Å². The van der Waals surface area contributed by atoms with E-state index in [1.165, 1.54) is 36.9 Å². The zero-order valence-electron chi connectivity index (χ0n) is 12.1. The van der Waals surface area contributed by atoms with E-state index < -0.39 is 0 Å². The van der Waals surface area contributed by atoms with Crippen molar-refractivity contribution in [1.29, 1.82) is 0 Å². The molecule has 0 aromatic carbocycles. The molecule has 1 aliphatic rings. The van der Waals surface area contributed by atoms with Gasteiger partial charge in [-0.2, -0.15) is 5.10 Å². The Hall–Kier alpha value is -0.830. The molecule has 1 heterocycles. The molecule has 3 nitrogen and oxygen atoms in total. The summed E-state index contributed by atoms with van der Waals surface area (Å²) in [5.74, 6) is 1.57. The van der Waals surface area contributed by atoms with Gasteiger partial charge in [-0.3, -0.25) is 4.68 Å². The second-order valence-corrected chi connectivity index (χ2v) is 6.11. The van der Waals surface area contributed by atoms with Crippen LogP contribution in [0.5, 0.6) is 0 Å². The van der Waals surface area contributed by atoms with Crippen molar-refractivity contribution in [2.75, 3.05) is 6.54 Å². The Morgan fingerprint density at radius 1 is 1.39 bits per heavy atom. The summed E-state index contributed by atoms with van der Waals surface area (Å²) in [7, 11) is 0. The van der Waals surface area contributed by atoms with Gasteiger partial charge in [0.2, 0.25) is 0 Å². The maximum absolute atomic E-state index is 4.55. The Kier molecular flexibility index (Phi) is 4.81. The average molecular weight is 249 g/mol. The molecule has 18 heavy (non-hydrogen) atoms. The van der Waals surface area contributed by atoms with E-state index in [1.54, 1.807) is 0 Å². The van der Waals surface area contributed by atoms with Gasteiger partial charge in [-0.05, 0) is 38.1 Å². The van der Waals surface area contributed by atoms with E-state index in [0.717, 1.165) is 25.6 Å². The molecule has 0 atom stereocenters. The highest BCUT2D eigenvalue weighted by Crippen LogP contribution is 2.26. The van der Waals surface area contributed by atoms with Gasteiger partial charge in [-0.15, -0.1) is 0 Å². The number of hydrogen-bond acceptors (Lipinski definition) is 2. The van der Waals surface area contributed by atoms with Gasteiger partial charge in [-0.25, -0.2) is 0 Å². The Labute approximate surface area is 111 Å². The summed E-state index contributed by atoms with van der Waals surface area (Å²) in [5.41, 5.74) is 2.70. The van der Waals surface area contributed by atoms with Crippen LogP contribution >= 0.6 is 0 Å².